The van der Waals surface area contributed by atoms with Gasteiger partial charge in [-0.05, 0) is 74.8 Å². The first-order chi connectivity index (χ1) is 21.2. The van der Waals surface area contributed by atoms with Crippen molar-refractivity contribution in [3.05, 3.63) is 58.8 Å². The normalized spacial score (nSPS) is 25.8. The zero-order chi connectivity index (χ0) is 30.3. The summed E-state index contributed by atoms with van der Waals surface area (Å²) in [4.78, 5) is 19.7. The van der Waals surface area contributed by atoms with Crippen molar-refractivity contribution in [2.75, 3.05) is 12.0 Å². The van der Waals surface area contributed by atoms with E-state index in [1.807, 2.05) is 19.1 Å². The van der Waals surface area contributed by atoms with Gasteiger partial charge in [-0.1, -0.05) is 28.6 Å². The molecule has 0 spiro atoms. The van der Waals surface area contributed by atoms with Gasteiger partial charge in [0.1, 0.15) is 17.2 Å². The Morgan fingerprint density at radius 1 is 1.16 bits per heavy atom. The van der Waals surface area contributed by atoms with Crippen molar-refractivity contribution in [3.8, 4) is 17.0 Å². The van der Waals surface area contributed by atoms with Crippen LogP contribution in [0, 0.1) is 18.8 Å². The minimum atomic E-state index is -4.82. The highest BCUT2D eigenvalue weighted by atomic mass is 32.1. The van der Waals surface area contributed by atoms with Crippen LogP contribution in [-0.2, 0) is 16.1 Å². The van der Waals surface area contributed by atoms with Crippen LogP contribution in [0.15, 0.2) is 40.9 Å². The number of aromatic nitrogens is 2. The maximum Gasteiger partial charge on any atom is 0.573 e. The minimum Gasteiger partial charge on any atom is -0.465 e. The lowest BCUT2D eigenvalue weighted by molar-refractivity contribution is -0.274. The lowest BCUT2D eigenvalue weighted by atomic mass is 10.0. The average molecular weight is 626 g/mol. The van der Waals surface area contributed by atoms with Crippen LogP contribution in [0.2, 0.25) is 0 Å². The summed E-state index contributed by atoms with van der Waals surface area (Å²) in [5.74, 6) is 1.02. The largest absolute Gasteiger partial charge is 0.573 e. The van der Waals surface area contributed by atoms with Crippen molar-refractivity contribution >= 4 is 32.7 Å². The number of hydrogen-bond acceptors (Lipinski definition) is 9. The van der Waals surface area contributed by atoms with Gasteiger partial charge in [-0.3, -0.25) is 0 Å². The molecular formula is C32H30F3N3O5S. The summed E-state index contributed by atoms with van der Waals surface area (Å²) in [6.45, 7) is 2.18. The second kappa shape index (κ2) is 10.2. The predicted octanol–water partition coefficient (Wildman–Crippen LogP) is 7.39. The molecule has 2 aromatic carbocycles. The van der Waals surface area contributed by atoms with E-state index in [2.05, 4.69) is 14.8 Å². The van der Waals surface area contributed by atoms with Crippen LogP contribution in [0.3, 0.4) is 0 Å². The molecule has 44 heavy (non-hydrogen) atoms. The number of anilines is 1. The number of halogens is 3. The molecule has 5 atom stereocenters. The first-order valence-corrected chi connectivity index (χ1v) is 15.7. The van der Waals surface area contributed by atoms with Crippen molar-refractivity contribution < 1.29 is 36.7 Å². The van der Waals surface area contributed by atoms with Gasteiger partial charge in [0.15, 0.2) is 5.13 Å². The lowest BCUT2D eigenvalue weighted by Crippen LogP contribution is -2.41. The summed E-state index contributed by atoms with van der Waals surface area (Å²) < 4.78 is 62.0. The van der Waals surface area contributed by atoms with E-state index in [4.69, 9.17) is 19.0 Å². The van der Waals surface area contributed by atoms with Crippen LogP contribution < -0.4 is 9.64 Å². The number of methoxy groups -OCH3 is 1. The van der Waals surface area contributed by atoms with Crippen LogP contribution in [0.1, 0.15) is 65.3 Å². The van der Waals surface area contributed by atoms with Crippen molar-refractivity contribution in [1.29, 1.82) is 0 Å². The third-order valence-corrected chi connectivity index (χ3v) is 10.6. The smallest absolute Gasteiger partial charge is 0.465 e. The Bertz CT molecular complexity index is 1770. The molecular weight excluding hydrogens is 595 g/mol. The molecule has 2 aliphatic carbocycles. The van der Waals surface area contributed by atoms with Gasteiger partial charge in [0.05, 0.1) is 35.6 Å². The van der Waals surface area contributed by atoms with Gasteiger partial charge in [-0.15, -0.1) is 13.2 Å². The molecule has 8 rings (SSSR count). The Kier molecular flexibility index (Phi) is 6.46. The lowest BCUT2D eigenvalue weighted by Gasteiger charge is -2.33. The summed E-state index contributed by atoms with van der Waals surface area (Å²) >= 11 is 1.61. The first kappa shape index (κ1) is 27.9. The number of ether oxygens (including phenoxy) is 3. The molecule has 4 heterocycles. The monoisotopic (exact) mass is 625 g/mol. The van der Waals surface area contributed by atoms with Crippen molar-refractivity contribution in [2.45, 2.75) is 76.1 Å². The number of carbonyl (C=O) groups excluding carboxylic acids is 1. The van der Waals surface area contributed by atoms with Gasteiger partial charge in [0, 0.05) is 35.0 Å². The van der Waals surface area contributed by atoms with Crippen LogP contribution in [0.25, 0.3) is 21.5 Å². The van der Waals surface area contributed by atoms with Gasteiger partial charge >= 0.3 is 12.3 Å². The number of fused-ring (bicyclic) bond motifs is 5. The highest BCUT2D eigenvalue weighted by Gasteiger charge is 2.63. The topological polar surface area (TPSA) is 86.9 Å². The molecule has 5 unspecified atom stereocenters. The third kappa shape index (κ3) is 4.73. The molecule has 0 N–H and O–H groups in total. The van der Waals surface area contributed by atoms with E-state index in [1.165, 1.54) is 19.2 Å². The summed E-state index contributed by atoms with van der Waals surface area (Å²) in [5, 5.41) is 5.19. The number of para-hydroxylation sites is 1. The molecule has 0 radical (unpaired) electrons. The van der Waals surface area contributed by atoms with Crippen molar-refractivity contribution in [1.82, 2.24) is 10.1 Å². The fraction of sp³-hybridized carbons (Fsp3) is 0.469. The fourth-order valence-corrected chi connectivity index (χ4v) is 8.67. The van der Waals surface area contributed by atoms with E-state index < -0.39 is 6.36 Å². The standard InChI is InChI=1S/C32H30F3N3O5S/c1-15-11-17(30(39)40-2)12-24-26(15)36-31(44-24)38-18-9-10-22(38)25-20(13-18)29(25)41-14-21-27(37-43-28(21)16-7-8-16)19-5-3-4-6-23(19)42-32(33,34)35/h3-6,11-12,16,18,20,22,25,29H,7-10,13-14H2,1-2H3. The van der Waals surface area contributed by atoms with Crippen molar-refractivity contribution in [3.63, 3.8) is 0 Å². The molecule has 2 saturated carbocycles. The molecule has 230 valence electrons. The number of piperidine rings is 1. The van der Waals surface area contributed by atoms with E-state index >= 15 is 0 Å². The molecule has 0 amide bonds. The molecule has 2 aliphatic heterocycles. The summed E-state index contributed by atoms with van der Waals surface area (Å²) in [6, 6.07) is 10.4. The Labute approximate surface area is 255 Å². The number of nitrogens with zero attached hydrogens (tertiary/aromatic N) is 3. The summed E-state index contributed by atoms with van der Waals surface area (Å²) in [6.07, 6.45) is 0.300. The van der Waals surface area contributed by atoms with Gasteiger partial charge in [0.25, 0.3) is 0 Å². The van der Waals surface area contributed by atoms with Crippen LogP contribution >= 0.6 is 11.3 Å². The van der Waals surface area contributed by atoms with E-state index in [-0.39, 0.29) is 35.9 Å². The Morgan fingerprint density at radius 3 is 2.75 bits per heavy atom. The number of esters is 1. The van der Waals surface area contributed by atoms with Crippen LogP contribution in [0.4, 0.5) is 18.3 Å². The molecule has 2 bridgehead atoms. The zero-order valence-electron chi connectivity index (χ0n) is 24.1. The Balaban J connectivity index is 1.03. The van der Waals surface area contributed by atoms with Crippen LogP contribution in [-0.4, -0.2) is 47.8 Å². The molecule has 12 heteroatoms. The molecule has 4 fully saturated rings. The van der Waals surface area contributed by atoms with Gasteiger partial charge in [0.2, 0.25) is 0 Å². The highest BCUT2D eigenvalue weighted by Crippen LogP contribution is 2.59. The summed E-state index contributed by atoms with van der Waals surface area (Å²) in [7, 11) is 1.38. The average Bonchev–Trinajstić information content (AvgIpc) is 3.82. The number of thiazole rings is 1. The van der Waals surface area contributed by atoms with E-state index in [1.54, 1.807) is 23.5 Å². The SMILES string of the molecule is COC(=O)c1cc(C)c2nc(N3C4CCC3C3C(C4)C3OCc3c(-c4ccccc4OC(F)(F)F)noc3C3CC3)sc2c1. The zero-order valence-corrected chi connectivity index (χ0v) is 24.9. The molecule has 4 aliphatic rings. The number of rotatable bonds is 8. The maximum atomic E-state index is 13.2. The quantitative estimate of drug-likeness (QED) is 0.187. The number of alkyl halides is 3. The number of benzene rings is 2. The minimum absolute atomic E-state index is 0.0475. The van der Waals surface area contributed by atoms with E-state index in [0.717, 1.165) is 53.0 Å². The first-order valence-electron chi connectivity index (χ1n) is 14.9. The van der Waals surface area contributed by atoms with E-state index in [9.17, 15) is 18.0 Å². The Morgan fingerprint density at radius 2 is 1.98 bits per heavy atom. The maximum absolute atomic E-state index is 13.2. The predicted molar refractivity (Wildman–Crippen MR) is 156 cm³/mol. The highest BCUT2D eigenvalue weighted by molar-refractivity contribution is 7.22. The van der Waals surface area contributed by atoms with Gasteiger partial charge in [-0.25, -0.2) is 9.78 Å². The van der Waals surface area contributed by atoms with Gasteiger partial charge in [-0.2, -0.15) is 0 Å². The van der Waals surface area contributed by atoms with E-state index in [0.29, 0.717) is 46.5 Å². The molecule has 4 aromatic rings. The van der Waals surface area contributed by atoms with Crippen LogP contribution in [0.5, 0.6) is 5.75 Å². The second-order valence-corrected chi connectivity index (χ2v) is 13.3. The van der Waals surface area contributed by atoms with Gasteiger partial charge < -0.3 is 23.6 Å². The summed E-state index contributed by atoms with van der Waals surface area (Å²) in [5.41, 5.74) is 3.66. The number of carbonyl (C=O) groups is 1. The Hall–Kier alpha value is -3.64. The van der Waals surface area contributed by atoms with Crippen molar-refractivity contribution in [2.24, 2.45) is 11.8 Å². The molecule has 2 saturated heterocycles. The third-order valence-electron chi connectivity index (χ3n) is 9.56. The second-order valence-electron chi connectivity index (χ2n) is 12.3. The number of hydrogen-bond donors (Lipinski definition) is 0. The number of aryl methyl sites for hydroxylation is 1. The molecule has 2 aromatic heterocycles. The fourth-order valence-electron chi connectivity index (χ4n) is 7.46. The molecule has 8 nitrogen and oxygen atoms in total.